The lowest BCUT2D eigenvalue weighted by molar-refractivity contribution is -0.384. The standard InChI is InChI=1S/C11H14BrNO4/c1-16-5-2-6-17-11-4-3-10(13(14)15)7-9(11)8-12/h3-4,7H,2,5-6,8H2,1H3. The number of nitro groups is 1. The third-order valence-corrected chi connectivity index (χ3v) is 2.75. The monoisotopic (exact) mass is 303 g/mol. The highest BCUT2D eigenvalue weighted by atomic mass is 79.9. The van der Waals surface area contributed by atoms with Gasteiger partial charge < -0.3 is 9.47 Å². The Morgan fingerprint density at radius 2 is 2.18 bits per heavy atom. The van der Waals surface area contributed by atoms with Crippen molar-refractivity contribution >= 4 is 21.6 Å². The van der Waals surface area contributed by atoms with Gasteiger partial charge in [0.2, 0.25) is 0 Å². The van der Waals surface area contributed by atoms with Crippen LogP contribution in [0, 0.1) is 10.1 Å². The van der Waals surface area contributed by atoms with Gasteiger partial charge in [0.25, 0.3) is 5.69 Å². The molecule has 0 N–H and O–H groups in total. The highest BCUT2D eigenvalue weighted by molar-refractivity contribution is 9.08. The SMILES string of the molecule is COCCCOc1ccc([N+](=O)[O-])cc1CBr. The zero-order valence-corrected chi connectivity index (χ0v) is 11.1. The van der Waals surface area contributed by atoms with Gasteiger partial charge in [-0.15, -0.1) is 0 Å². The van der Waals surface area contributed by atoms with E-state index in [0.717, 1.165) is 12.0 Å². The van der Waals surface area contributed by atoms with Crippen LogP contribution in [-0.2, 0) is 10.1 Å². The Hall–Kier alpha value is -1.14. The Balaban J connectivity index is 2.68. The number of halogens is 1. The van der Waals surface area contributed by atoms with Gasteiger partial charge in [0.05, 0.1) is 11.5 Å². The van der Waals surface area contributed by atoms with Gasteiger partial charge in [0, 0.05) is 43.2 Å². The van der Waals surface area contributed by atoms with Crippen LogP contribution in [0.5, 0.6) is 5.75 Å². The highest BCUT2D eigenvalue weighted by Crippen LogP contribution is 2.26. The van der Waals surface area contributed by atoms with E-state index < -0.39 is 4.92 Å². The number of methoxy groups -OCH3 is 1. The van der Waals surface area contributed by atoms with Crippen molar-refractivity contribution in [3.05, 3.63) is 33.9 Å². The van der Waals surface area contributed by atoms with Crippen molar-refractivity contribution in [2.45, 2.75) is 11.8 Å². The van der Waals surface area contributed by atoms with Crippen molar-refractivity contribution in [3.63, 3.8) is 0 Å². The van der Waals surface area contributed by atoms with E-state index in [9.17, 15) is 10.1 Å². The second-order valence-electron chi connectivity index (χ2n) is 3.38. The molecule has 0 saturated carbocycles. The number of rotatable bonds is 7. The maximum Gasteiger partial charge on any atom is 0.270 e. The molecule has 0 aliphatic carbocycles. The molecule has 0 radical (unpaired) electrons. The molecule has 94 valence electrons. The Kier molecular flexibility index (Phi) is 5.93. The van der Waals surface area contributed by atoms with E-state index in [-0.39, 0.29) is 5.69 Å². The van der Waals surface area contributed by atoms with Gasteiger partial charge in [0.1, 0.15) is 5.75 Å². The van der Waals surface area contributed by atoms with Crippen LogP contribution in [0.15, 0.2) is 18.2 Å². The van der Waals surface area contributed by atoms with Crippen LogP contribution in [0.2, 0.25) is 0 Å². The predicted octanol–water partition coefficient (Wildman–Crippen LogP) is 2.91. The summed E-state index contributed by atoms with van der Waals surface area (Å²) >= 11 is 3.29. The van der Waals surface area contributed by atoms with Gasteiger partial charge in [-0.05, 0) is 6.07 Å². The summed E-state index contributed by atoms with van der Waals surface area (Å²) in [5.74, 6) is 0.670. The second kappa shape index (κ2) is 7.24. The predicted molar refractivity (Wildman–Crippen MR) is 67.7 cm³/mol. The molecule has 0 atom stereocenters. The third kappa shape index (κ3) is 4.32. The average molecular weight is 304 g/mol. The molecule has 5 nitrogen and oxygen atoms in total. The van der Waals surface area contributed by atoms with Crippen molar-refractivity contribution in [1.29, 1.82) is 0 Å². The molecule has 0 aromatic heterocycles. The molecule has 1 aromatic carbocycles. The van der Waals surface area contributed by atoms with Crippen molar-refractivity contribution in [2.24, 2.45) is 0 Å². The van der Waals surface area contributed by atoms with Crippen LogP contribution < -0.4 is 4.74 Å². The Labute approximate surface area is 108 Å². The molecule has 0 unspecified atom stereocenters. The van der Waals surface area contributed by atoms with Gasteiger partial charge in [-0.3, -0.25) is 10.1 Å². The molecule has 0 heterocycles. The number of nitro benzene ring substituents is 1. The Bertz CT molecular complexity index is 384. The van der Waals surface area contributed by atoms with Gasteiger partial charge in [0.15, 0.2) is 0 Å². The van der Waals surface area contributed by atoms with Crippen LogP contribution in [0.4, 0.5) is 5.69 Å². The van der Waals surface area contributed by atoms with Gasteiger partial charge in [-0.2, -0.15) is 0 Å². The molecule has 0 fully saturated rings. The number of hydrogen-bond donors (Lipinski definition) is 0. The Morgan fingerprint density at radius 3 is 2.76 bits per heavy atom. The molecule has 0 saturated heterocycles. The lowest BCUT2D eigenvalue weighted by Crippen LogP contribution is -2.03. The summed E-state index contributed by atoms with van der Waals surface area (Å²) in [5, 5.41) is 11.1. The molecule has 0 aliphatic rings. The summed E-state index contributed by atoms with van der Waals surface area (Å²) in [4.78, 5) is 10.2. The van der Waals surface area contributed by atoms with E-state index in [1.54, 1.807) is 13.2 Å². The average Bonchev–Trinajstić information content (AvgIpc) is 2.34. The van der Waals surface area contributed by atoms with E-state index in [1.807, 2.05) is 0 Å². The molecule has 1 aromatic rings. The van der Waals surface area contributed by atoms with E-state index >= 15 is 0 Å². The fraction of sp³-hybridized carbons (Fsp3) is 0.455. The van der Waals surface area contributed by atoms with E-state index in [0.29, 0.717) is 24.3 Å². The zero-order chi connectivity index (χ0) is 12.7. The summed E-state index contributed by atoms with van der Waals surface area (Å²) in [5.41, 5.74) is 0.848. The highest BCUT2D eigenvalue weighted by Gasteiger charge is 2.10. The van der Waals surface area contributed by atoms with Crippen LogP contribution >= 0.6 is 15.9 Å². The maximum absolute atomic E-state index is 10.6. The fourth-order valence-corrected chi connectivity index (χ4v) is 1.75. The van der Waals surface area contributed by atoms with E-state index in [2.05, 4.69) is 15.9 Å². The zero-order valence-electron chi connectivity index (χ0n) is 9.52. The van der Waals surface area contributed by atoms with Gasteiger partial charge >= 0.3 is 0 Å². The molecule has 0 bridgehead atoms. The first-order valence-corrected chi connectivity index (χ1v) is 6.26. The normalized spacial score (nSPS) is 10.2. The lowest BCUT2D eigenvalue weighted by atomic mass is 10.2. The minimum absolute atomic E-state index is 0.0729. The van der Waals surface area contributed by atoms with Crippen molar-refractivity contribution < 1.29 is 14.4 Å². The smallest absolute Gasteiger partial charge is 0.270 e. The minimum Gasteiger partial charge on any atom is -0.493 e. The fourth-order valence-electron chi connectivity index (χ4n) is 1.31. The quantitative estimate of drug-likeness (QED) is 0.336. The number of alkyl halides is 1. The molecule has 17 heavy (non-hydrogen) atoms. The number of nitrogens with zero attached hydrogens (tertiary/aromatic N) is 1. The van der Waals surface area contributed by atoms with Crippen molar-refractivity contribution in [2.75, 3.05) is 20.3 Å². The number of non-ortho nitro benzene ring substituents is 1. The lowest BCUT2D eigenvalue weighted by Gasteiger charge is -2.09. The van der Waals surface area contributed by atoms with E-state index in [1.165, 1.54) is 12.1 Å². The molecular formula is C11H14BrNO4. The molecule has 6 heteroatoms. The molecule has 0 aliphatic heterocycles. The van der Waals surface area contributed by atoms with Crippen molar-refractivity contribution in [1.82, 2.24) is 0 Å². The van der Waals surface area contributed by atoms with Gasteiger partial charge in [-0.1, -0.05) is 15.9 Å². The first-order valence-electron chi connectivity index (χ1n) is 5.14. The topological polar surface area (TPSA) is 61.6 Å². The van der Waals surface area contributed by atoms with Crippen LogP contribution in [0.25, 0.3) is 0 Å². The molecule has 1 rings (SSSR count). The van der Waals surface area contributed by atoms with Crippen LogP contribution in [-0.4, -0.2) is 25.2 Å². The summed E-state index contributed by atoms with van der Waals surface area (Å²) in [6.07, 6.45) is 0.787. The first-order chi connectivity index (χ1) is 8.19. The number of ether oxygens (including phenoxy) is 2. The summed E-state index contributed by atoms with van der Waals surface area (Å²) in [6, 6.07) is 4.58. The first kappa shape index (κ1) is 13.9. The minimum atomic E-state index is -0.416. The molecule has 0 spiro atoms. The second-order valence-corrected chi connectivity index (χ2v) is 3.94. The number of hydrogen-bond acceptors (Lipinski definition) is 4. The Morgan fingerprint density at radius 1 is 1.41 bits per heavy atom. The third-order valence-electron chi connectivity index (χ3n) is 2.15. The van der Waals surface area contributed by atoms with E-state index in [4.69, 9.17) is 9.47 Å². The van der Waals surface area contributed by atoms with Gasteiger partial charge in [-0.25, -0.2) is 0 Å². The number of benzene rings is 1. The maximum atomic E-state index is 10.6. The van der Waals surface area contributed by atoms with Crippen LogP contribution in [0.1, 0.15) is 12.0 Å². The summed E-state index contributed by atoms with van der Waals surface area (Å²) in [6.45, 7) is 1.17. The molecular weight excluding hydrogens is 290 g/mol. The molecule has 0 amide bonds. The van der Waals surface area contributed by atoms with Crippen molar-refractivity contribution in [3.8, 4) is 5.75 Å². The summed E-state index contributed by atoms with van der Waals surface area (Å²) < 4.78 is 10.4. The van der Waals surface area contributed by atoms with Crippen LogP contribution in [0.3, 0.4) is 0 Å². The summed E-state index contributed by atoms with van der Waals surface area (Å²) in [7, 11) is 1.63. The largest absolute Gasteiger partial charge is 0.493 e.